The lowest BCUT2D eigenvalue weighted by atomic mass is 10.1. The number of hydrogen-bond donors (Lipinski definition) is 2. The average Bonchev–Trinajstić information content (AvgIpc) is 3.00. The van der Waals surface area contributed by atoms with E-state index < -0.39 is 23.4 Å². The third kappa shape index (κ3) is 6.64. The van der Waals surface area contributed by atoms with Crippen molar-refractivity contribution in [1.82, 2.24) is 9.55 Å². The van der Waals surface area contributed by atoms with E-state index in [1.54, 1.807) is 65.8 Å². The van der Waals surface area contributed by atoms with E-state index in [0.717, 1.165) is 0 Å². The Bertz CT molecular complexity index is 985. The van der Waals surface area contributed by atoms with Gasteiger partial charge in [0, 0.05) is 11.1 Å². The molecule has 8 heteroatoms. The summed E-state index contributed by atoms with van der Waals surface area (Å²) in [6.45, 7) is 10.2. The summed E-state index contributed by atoms with van der Waals surface area (Å²) in [5.41, 5.74) is 0.227. The molecule has 0 aliphatic heterocycles. The topological polar surface area (TPSA) is 103 Å². The number of anilines is 1. The van der Waals surface area contributed by atoms with E-state index in [1.165, 1.54) is 10.8 Å². The van der Waals surface area contributed by atoms with Crippen LogP contribution in [-0.4, -0.2) is 44.7 Å². The van der Waals surface area contributed by atoms with Gasteiger partial charge in [-0.2, -0.15) is 0 Å². The van der Waals surface area contributed by atoms with Gasteiger partial charge in [0.05, 0.1) is 11.9 Å². The van der Waals surface area contributed by atoms with Crippen LogP contribution >= 0.6 is 0 Å². The average molecular weight is 413 g/mol. The highest BCUT2D eigenvalue weighted by atomic mass is 16.6. The van der Waals surface area contributed by atoms with Crippen molar-refractivity contribution in [2.45, 2.75) is 52.7 Å². The summed E-state index contributed by atoms with van der Waals surface area (Å²) < 4.78 is 11.9. The van der Waals surface area contributed by atoms with Crippen molar-refractivity contribution >= 4 is 18.1 Å². The molecule has 0 aliphatic carbocycles. The van der Waals surface area contributed by atoms with Gasteiger partial charge in [0.15, 0.2) is 0 Å². The number of ether oxygens (including phenoxy) is 2. The van der Waals surface area contributed by atoms with Crippen molar-refractivity contribution in [3.63, 3.8) is 0 Å². The number of nitrogens with one attached hydrogen (secondary N) is 1. The summed E-state index contributed by atoms with van der Waals surface area (Å²) in [5, 5.41) is 11.4. The predicted octanol–water partition coefficient (Wildman–Crippen LogP) is 4.02. The molecule has 0 fully saturated rings. The lowest BCUT2D eigenvalue weighted by Crippen LogP contribution is -2.31. The minimum absolute atomic E-state index is 0.0275. The molecule has 0 radical (unpaired) electrons. The SMILES string of the molecule is CC(C)(C)OC(=O)Nc1ncc(-c2cccc(C#CCO)c2)n1C(=O)OC(C)(C)C. The maximum Gasteiger partial charge on any atom is 0.421 e. The molecule has 2 rings (SSSR count). The Labute approximate surface area is 176 Å². The van der Waals surface area contributed by atoms with E-state index in [1.807, 2.05) is 0 Å². The molecule has 0 unspecified atom stereocenters. The highest BCUT2D eigenvalue weighted by molar-refractivity contribution is 5.89. The van der Waals surface area contributed by atoms with Crippen molar-refractivity contribution in [3.05, 3.63) is 36.0 Å². The number of nitrogens with zero attached hydrogens (tertiary/aromatic N) is 2. The summed E-state index contributed by atoms with van der Waals surface area (Å²) in [7, 11) is 0. The van der Waals surface area contributed by atoms with Crippen LogP contribution in [0.15, 0.2) is 30.5 Å². The van der Waals surface area contributed by atoms with E-state index in [2.05, 4.69) is 22.1 Å². The number of aliphatic hydroxyl groups excluding tert-OH is 1. The second-order valence-corrected chi connectivity index (χ2v) is 8.45. The highest BCUT2D eigenvalue weighted by Crippen LogP contribution is 2.26. The quantitative estimate of drug-likeness (QED) is 0.721. The monoisotopic (exact) mass is 413 g/mol. The minimum Gasteiger partial charge on any atom is -0.444 e. The summed E-state index contributed by atoms with van der Waals surface area (Å²) in [5.74, 6) is 5.38. The van der Waals surface area contributed by atoms with Gasteiger partial charge >= 0.3 is 12.2 Å². The van der Waals surface area contributed by atoms with Crippen LogP contribution in [0.1, 0.15) is 47.1 Å². The van der Waals surface area contributed by atoms with Gasteiger partial charge in [-0.1, -0.05) is 24.0 Å². The zero-order valence-corrected chi connectivity index (χ0v) is 18.1. The van der Waals surface area contributed by atoms with Gasteiger partial charge in [-0.05, 0) is 53.7 Å². The fourth-order valence-electron chi connectivity index (χ4n) is 2.43. The maximum atomic E-state index is 12.9. The number of rotatable bonds is 2. The van der Waals surface area contributed by atoms with Crippen molar-refractivity contribution in [2.75, 3.05) is 11.9 Å². The van der Waals surface area contributed by atoms with Crippen molar-refractivity contribution in [2.24, 2.45) is 0 Å². The molecule has 160 valence electrons. The maximum absolute atomic E-state index is 12.9. The molecule has 0 saturated carbocycles. The summed E-state index contributed by atoms with van der Waals surface area (Å²) >= 11 is 0. The van der Waals surface area contributed by atoms with Gasteiger partial charge < -0.3 is 14.6 Å². The molecule has 1 aromatic heterocycles. The van der Waals surface area contributed by atoms with Crippen LogP contribution in [0.25, 0.3) is 11.3 Å². The van der Waals surface area contributed by atoms with Gasteiger partial charge in [-0.25, -0.2) is 19.1 Å². The van der Waals surface area contributed by atoms with Gasteiger partial charge in [0.25, 0.3) is 0 Å². The van der Waals surface area contributed by atoms with Gasteiger partial charge in [0.2, 0.25) is 5.95 Å². The first-order valence-electron chi connectivity index (χ1n) is 9.41. The lowest BCUT2D eigenvalue weighted by molar-refractivity contribution is 0.0542. The predicted molar refractivity (Wildman–Crippen MR) is 113 cm³/mol. The fraction of sp³-hybridized carbons (Fsp3) is 0.409. The first-order chi connectivity index (χ1) is 13.9. The van der Waals surface area contributed by atoms with Crippen molar-refractivity contribution < 1.29 is 24.2 Å². The number of aromatic nitrogens is 2. The zero-order valence-electron chi connectivity index (χ0n) is 18.1. The molecule has 2 N–H and O–H groups in total. The zero-order chi connectivity index (χ0) is 22.5. The number of carbonyl (C=O) groups is 2. The van der Waals surface area contributed by atoms with Gasteiger partial charge in [0.1, 0.15) is 17.8 Å². The number of imidazole rings is 1. The molecule has 0 bridgehead atoms. The van der Waals surface area contributed by atoms with E-state index in [9.17, 15) is 9.59 Å². The largest absolute Gasteiger partial charge is 0.444 e. The van der Waals surface area contributed by atoms with E-state index >= 15 is 0 Å². The number of amides is 1. The molecule has 1 heterocycles. The number of hydrogen-bond acceptors (Lipinski definition) is 6. The highest BCUT2D eigenvalue weighted by Gasteiger charge is 2.26. The Kier molecular flexibility index (Phi) is 6.90. The summed E-state index contributed by atoms with van der Waals surface area (Å²) in [4.78, 5) is 29.3. The van der Waals surface area contributed by atoms with Gasteiger partial charge in [-0.15, -0.1) is 0 Å². The molecule has 1 aromatic carbocycles. The fourth-order valence-corrected chi connectivity index (χ4v) is 2.43. The van der Waals surface area contributed by atoms with Crippen LogP contribution in [0.5, 0.6) is 0 Å². The van der Waals surface area contributed by atoms with Crippen LogP contribution < -0.4 is 5.32 Å². The van der Waals surface area contributed by atoms with E-state index in [0.29, 0.717) is 16.8 Å². The molecule has 0 atom stereocenters. The molecule has 2 aromatic rings. The van der Waals surface area contributed by atoms with Crippen LogP contribution in [0.2, 0.25) is 0 Å². The molecule has 30 heavy (non-hydrogen) atoms. The molecule has 0 spiro atoms. The van der Waals surface area contributed by atoms with Crippen LogP contribution in [0.4, 0.5) is 15.5 Å². The molecular formula is C22H27N3O5. The number of aliphatic hydroxyl groups is 1. The second-order valence-electron chi connectivity index (χ2n) is 8.45. The normalized spacial score (nSPS) is 11.3. The minimum atomic E-state index is -0.754. The molecule has 0 saturated heterocycles. The third-order valence-electron chi connectivity index (χ3n) is 3.42. The van der Waals surface area contributed by atoms with Crippen molar-refractivity contribution in [3.8, 4) is 23.1 Å². The molecule has 8 nitrogen and oxygen atoms in total. The van der Waals surface area contributed by atoms with E-state index in [4.69, 9.17) is 14.6 Å². The Morgan fingerprint density at radius 3 is 2.40 bits per heavy atom. The summed E-state index contributed by atoms with van der Waals surface area (Å²) in [6.07, 6.45) is 0.00907. The van der Waals surface area contributed by atoms with Crippen molar-refractivity contribution in [1.29, 1.82) is 0 Å². The molecule has 0 aliphatic rings. The second kappa shape index (κ2) is 9.01. The standard InChI is InChI=1S/C22H27N3O5/c1-21(2,3)29-19(27)24-18-23-14-17(25(18)20(28)30-22(4,5)6)16-11-7-9-15(13-16)10-8-12-26/h7,9,11,13-14,26H,12H2,1-6H3,(H,23,24,27). The Morgan fingerprint density at radius 2 is 1.80 bits per heavy atom. The first-order valence-corrected chi connectivity index (χ1v) is 9.41. The Hall–Kier alpha value is -3.31. The third-order valence-corrected chi connectivity index (χ3v) is 3.42. The molecular weight excluding hydrogens is 386 g/mol. The van der Waals surface area contributed by atoms with Gasteiger partial charge in [-0.3, -0.25) is 5.32 Å². The number of carbonyl (C=O) groups excluding carboxylic acids is 2. The van der Waals surface area contributed by atoms with Crippen LogP contribution in [-0.2, 0) is 9.47 Å². The summed E-state index contributed by atoms with van der Waals surface area (Å²) in [6, 6.07) is 7.07. The Balaban J connectivity index is 2.49. The smallest absolute Gasteiger partial charge is 0.421 e. The first kappa shape index (κ1) is 23.0. The number of benzene rings is 1. The van der Waals surface area contributed by atoms with Crippen LogP contribution in [0.3, 0.4) is 0 Å². The van der Waals surface area contributed by atoms with E-state index in [-0.39, 0.29) is 12.6 Å². The molecule has 1 amide bonds. The Morgan fingerprint density at radius 1 is 1.13 bits per heavy atom. The lowest BCUT2D eigenvalue weighted by Gasteiger charge is -2.22. The van der Waals surface area contributed by atoms with Crippen LogP contribution in [0, 0.1) is 11.8 Å².